The summed E-state index contributed by atoms with van der Waals surface area (Å²) >= 11 is 0. The second-order valence-corrected chi connectivity index (χ2v) is 5.85. The first-order valence-electron chi connectivity index (χ1n) is 6.89. The van der Waals surface area contributed by atoms with Crippen molar-refractivity contribution in [3.8, 4) is 0 Å². The van der Waals surface area contributed by atoms with Crippen LogP contribution < -0.4 is 5.73 Å². The topological polar surface area (TPSA) is 32.5 Å². The summed E-state index contributed by atoms with van der Waals surface area (Å²) in [5, 5.41) is 0. The van der Waals surface area contributed by atoms with Crippen LogP contribution in [0, 0.1) is 5.92 Å². The van der Waals surface area contributed by atoms with Gasteiger partial charge in [0.2, 0.25) is 0 Å². The molecule has 2 unspecified atom stereocenters. The maximum absolute atomic E-state index is 6.16. The van der Waals surface area contributed by atoms with Gasteiger partial charge in [-0.15, -0.1) is 0 Å². The van der Waals surface area contributed by atoms with Crippen molar-refractivity contribution in [3.63, 3.8) is 0 Å². The highest BCUT2D eigenvalue weighted by Gasteiger charge is 2.29. The first-order valence-corrected chi connectivity index (χ1v) is 6.89. The average Bonchev–Trinajstić information content (AvgIpc) is 2.28. The number of nitrogens with two attached hydrogens (primary N) is 1. The first-order chi connectivity index (χ1) is 7.66. The van der Waals surface area contributed by atoms with E-state index in [2.05, 4.69) is 23.6 Å². The third kappa shape index (κ3) is 2.96. The zero-order valence-electron chi connectivity index (χ0n) is 10.9. The van der Waals surface area contributed by atoms with Crippen LogP contribution in [0.5, 0.6) is 0 Å². The smallest absolute Gasteiger partial charge is 0.0223 e. The van der Waals surface area contributed by atoms with Crippen LogP contribution >= 0.6 is 0 Å². The fourth-order valence-corrected chi connectivity index (χ4v) is 2.90. The summed E-state index contributed by atoms with van der Waals surface area (Å²) in [7, 11) is 0. The van der Waals surface area contributed by atoms with Gasteiger partial charge in [-0.25, -0.2) is 0 Å². The van der Waals surface area contributed by atoms with Crippen LogP contribution in [0.3, 0.4) is 0 Å². The molecule has 2 fully saturated rings. The van der Waals surface area contributed by atoms with E-state index in [0.29, 0.717) is 12.0 Å². The molecule has 2 rings (SSSR count). The second-order valence-electron chi connectivity index (χ2n) is 5.85. The van der Waals surface area contributed by atoms with Crippen molar-refractivity contribution in [1.82, 2.24) is 9.80 Å². The van der Waals surface area contributed by atoms with E-state index < -0.39 is 0 Å². The van der Waals surface area contributed by atoms with E-state index in [1.54, 1.807) is 0 Å². The molecule has 16 heavy (non-hydrogen) atoms. The average molecular weight is 225 g/mol. The Labute approximate surface area is 100.0 Å². The van der Waals surface area contributed by atoms with Crippen LogP contribution in [0.2, 0.25) is 0 Å². The molecule has 0 aliphatic carbocycles. The van der Waals surface area contributed by atoms with Gasteiger partial charge < -0.3 is 5.73 Å². The number of nitrogens with zero attached hydrogens (tertiary/aromatic N) is 2. The van der Waals surface area contributed by atoms with E-state index in [1.807, 2.05) is 0 Å². The van der Waals surface area contributed by atoms with Gasteiger partial charge in [0.05, 0.1) is 0 Å². The minimum atomic E-state index is 0.343. The van der Waals surface area contributed by atoms with Crippen LogP contribution in [-0.4, -0.2) is 54.6 Å². The number of fused-ring (bicyclic) bond motifs is 1. The predicted molar refractivity (Wildman–Crippen MR) is 68.5 cm³/mol. The van der Waals surface area contributed by atoms with Crippen LogP contribution in [0.4, 0.5) is 0 Å². The van der Waals surface area contributed by atoms with Crippen LogP contribution in [0.15, 0.2) is 0 Å². The molecule has 3 heteroatoms. The molecule has 0 aromatic heterocycles. The van der Waals surface area contributed by atoms with Gasteiger partial charge in [-0.3, -0.25) is 9.80 Å². The van der Waals surface area contributed by atoms with Crippen molar-refractivity contribution in [2.75, 3.05) is 32.7 Å². The minimum Gasteiger partial charge on any atom is -0.326 e. The van der Waals surface area contributed by atoms with Gasteiger partial charge in [-0.05, 0) is 25.3 Å². The van der Waals surface area contributed by atoms with Gasteiger partial charge in [0, 0.05) is 38.3 Å². The minimum absolute atomic E-state index is 0.343. The number of hydrogen-bond acceptors (Lipinski definition) is 3. The van der Waals surface area contributed by atoms with E-state index in [4.69, 9.17) is 5.73 Å². The molecule has 2 saturated heterocycles. The Morgan fingerprint density at radius 2 is 2.00 bits per heavy atom. The molecule has 2 heterocycles. The third-order valence-electron chi connectivity index (χ3n) is 4.25. The van der Waals surface area contributed by atoms with Crippen LogP contribution in [-0.2, 0) is 0 Å². The summed E-state index contributed by atoms with van der Waals surface area (Å²) in [4.78, 5) is 5.26. The van der Waals surface area contributed by atoms with E-state index in [1.165, 1.54) is 45.4 Å². The Balaban J connectivity index is 1.80. The highest BCUT2D eigenvalue weighted by atomic mass is 15.3. The highest BCUT2D eigenvalue weighted by molar-refractivity contribution is 4.86. The Morgan fingerprint density at radius 3 is 2.75 bits per heavy atom. The molecule has 0 bridgehead atoms. The zero-order chi connectivity index (χ0) is 11.5. The third-order valence-corrected chi connectivity index (χ3v) is 4.25. The molecule has 94 valence electrons. The van der Waals surface area contributed by atoms with Crippen molar-refractivity contribution in [3.05, 3.63) is 0 Å². The Hall–Kier alpha value is -0.120. The molecule has 2 aliphatic rings. The molecule has 0 amide bonds. The van der Waals surface area contributed by atoms with Crippen molar-refractivity contribution >= 4 is 0 Å². The Bertz CT molecular complexity index is 217. The van der Waals surface area contributed by atoms with Crippen molar-refractivity contribution in [2.45, 2.75) is 45.2 Å². The lowest BCUT2D eigenvalue weighted by molar-refractivity contribution is 0.0445. The quantitative estimate of drug-likeness (QED) is 0.782. The molecule has 3 nitrogen and oxygen atoms in total. The monoisotopic (exact) mass is 225 g/mol. The lowest BCUT2D eigenvalue weighted by Crippen LogP contribution is -2.57. The van der Waals surface area contributed by atoms with E-state index in [-0.39, 0.29) is 0 Å². The number of hydrogen-bond donors (Lipinski definition) is 1. The Kier molecular flexibility index (Phi) is 4.22. The predicted octanol–water partition coefficient (Wildman–Crippen LogP) is 1.14. The SMILES string of the molecule is CC(C)C(N)CN1CCN2CCCCC2C1. The van der Waals surface area contributed by atoms with Gasteiger partial charge in [0.1, 0.15) is 0 Å². The maximum atomic E-state index is 6.16. The molecule has 0 spiro atoms. The summed E-state index contributed by atoms with van der Waals surface area (Å²) in [6, 6.07) is 1.16. The van der Waals surface area contributed by atoms with Crippen molar-refractivity contribution in [1.29, 1.82) is 0 Å². The molecule has 0 aromatic rings. The van der Waals surface area contributed by atoms with E-state index in [0.717, 1.165) is 12.6 Å². The molecular weight excluding hydrogens is 198 g/mol. The number of rotatable bonds is 3. The second kappa shape index (κ2) is 5.48. The summed E-state index contributed by atoms with van der Waals surface area (Å²) in [6.45, 7) is 10.6. The molecule has 0 aromatic carbocycles. The normalized spacial score (nSPS) is 30.4. The van der Waals surface area contributed by atoms with Crippen molar-refractivity contribution in [2.24, 2.45) is 11.7 Å². The van der Waals surface area contributed by atoms with Gasteiger partial charge in [-0.2, -0.15) is 0 Å². The largest absolute Gasteiger partial charge is 0.326 e. The highest BCUT2D eigenvalue weighted by Crippen LogP contribution is 2.21. The van der Waals surface area contributed by atoms with Gasteiger partial charge in [0.15, 0.2) is 0 Å². The number of piperazine rings is 1. The van der Waals surface area contributed by atoms with Crippen LogP contribution in [0.1, 0.15) is 33.1 Å². The van der Waals surface area contributed by atoms with E-state index >= 15 is 0 Å². The molecular formula is C13H27N3. The summed E-state index contributed by atoms with van der Waals surface area (Å²) in [5.41, 5.74) is 6.16. The van der Waals surface area contributed by atoms with Gasteiger partial charge >= 0.3 is 0 Å². The standard InChI is InChI=1S/C13H27N3/c1-11(2)13(14)10-15-7-8-16-6-4-3-5-12(16)9-15/h11-13H,3-10,14H2,1-2H3. The molecule has 0 saturated carbocycles. The lowest BCUT2D eigenvalue weighted by atomic mass is 9.98. The summed E-state index contributed by atoms with van der Waals surface area (Å²) < 4.78 is 0. The fraction of sp³-hybridized carbons (Fsp3) is 1.00. The van der Waals surface area contributed by atoms with Crippen molar-refractivity contribution < 1.29 is 0 Å². The first kappa shape index (κ1) is 12.3. The maximum Gasteiger partial charge on any atom is 0.0223 e. The lowest BCUT2D eigenvalue weighted by Gasteiger charge is -2.44. The number of piperidine rings is 1. The molecule has 2 N–H and O–H groups in total. The summed E-state index contributed by atoms with van der Waals surface area (Å²) in [5.74, 6) is 0.601. The Morgan fingerprint density at radius 1 is 1.19 bits per heavy atom. The van der Waals surface area contributed by atoms with Gasteiger partial charge in [-0.1, -0.05) is 20.3 Å². The van der Waals surface area contributed by atoms with E-state index in [9.17, 15) is 0 Å². The molecule has 0 radical (unpaired) electrons. The summed E-state index contributed by atoms with van der Waals surface area (Å²) in [6.07, 6.45) is 4.22. The zero-order valence-corrected chi connectivity index (χ0v) is 10.9. The fourth-order valence-electron chi connectivity index (χ4n) is 2.90. The van der Waals surface area contributed by atoms with Gasteiger partial charge in [0.25, 0.3) is 0 Å². The molecule has 2 aliphatic heterocycles. The molecule has 2 atom stereocenters. The van der Waals surface area contributed by atoms with Crippen LogP contribution in [0.25, 0.3) is 0 Å².